The van der Waals surface area contributed by atoms with E-state index in [0.29, 0.717) is 15.6 Å². The third-order valence-electron chi connectivity index (χ3n) is 2.98. The molecule has 0 aliphatic carbocycles. The van der Waals surface area contributed by atoms with Gasteiger partial charge in [0.2, 0.25) is 9.76 Å². The Bertz CT molecular complexity index is 587. The van der Waals surface area contributed by atoms with Gasteiger partial charge in [0.1, 0.15) is 11.4 Å². The molecular weight excluding hydrogens is 320 g/mol. The van der Waals surface area contributed by atoms with Crippen LogP contribution in [0.4, 0.5) is 10.6 Å². The van der Waals surface area contributed by atoms with Crippen LogP contribution in [0, 0.1) is 6.92 Å². The van der Waals surface area contributed by atoms with Crippen molar-refractivity contribution in [1.82, 2.24) is 4.98 Å². The number of hydrogen-bond donors (Lipinski definition) is 1. The summed E-state index contributed by atoms with van der Waals surface area (Å²) >= 11 is 0. The SMILES string of the molecule is Cc1nc(NC(=O)OC(C)(C)C)ccc1C(C)(C)O[Si]C(C)(C)C. The number of nitrogens with zero attached hydrogens (tertiary/aromatic N) is 1. The van der Waals surface area contributed by atoms with Crippen molar-refractivity contribution in [2.75, 3.05) is 5.32 Å². The molecule has 0 fully saturated rings. The van der Waals surface area contributed by atoms with Gasteiger partial charge in [0.15, 0.2) is 0 Å². The van der Waals surface area contributed by atoms with Gasteiger partial charge >= 0.3 is 6.09 Å². The number of rotatable bonds is 4. The van der Waals surface area contributed by atoms with E-state index in [1.54, 1.807) is 6.07 Å². The second-order valence-electron chi connectivity index (χ2n) is 8.42. The van der Waals surface area contributed by atoms with Crippen LogP contribution in [0.25, 0.3) is 0 Å². The first-order valence-corrected chi connectivity index (χ1v) is 9.04. The Labute approximate surface area is 148 Å². The first-order valence-electron chi connectivity index (χ1n) is 8.13. The summed E-state index contributed by atoms with van der Waals surface area (Å²) < 4.78 is 11.4. The molecule has 1 aromatic heterocycles. The summed E-state index contributed by atoms with van der Waals surface area (Å²) in [7, 11) is 0.384. The summed E-state index contributed by atoms with van der Waals surface area (Å²) in [6, 6.07) is 3.72. The van der Waals surface area contributed by atoms with Crippen LogP contribution in [-0.4, -0.2) is 26.4 Å². The van der Waals surface area contributed by atoms with Gasteiger partial charge in [0.25, 0.3) is 0 Å². The molecule has 0 unspecified atom stereocenters. The highest BCUT2D eigenvalue weighted by Crippen LogP contribution is 2.31. The molecule has 1 rings (SSSR count). The molecule has 0 saturated heterocycles. The van der Waals surface area contributed by atoms with Gasteiger partial charge in [0.05, 0.1) is 5.60 Å². The van der Waals surface area contributed by atoms with Gasteiger partial charge in [-0.25, -0.2) is 9.78 Å². The van der Waals surface area contributed by atoms with Crippen molar-refractivity contribution in [1.29, 1.82) is 0 Å². The molecule has 24 heavy (non-hydrogen) atoms. The van der Waals surface area contributed by atoms with Crippen LogP contribution in [0.2, 0.25) is 5.04 Å². The highest BCUT2D eigenvalue weighted by Gasteiger charge is 2.27. The fourth-order valence-corrected chi connectivity index (χ4v) is 2.68. The number of amides is 1. The van der Waals surface area contributed by atoms with Crippen molar-refractivity contribution in [2.24, 2.45) is 0 Å². The van der Waals surface area contributed by atoms with Crippen molar-refractivity contribution in [3.63, 3.8) is 0 Å². The van der Waals surface area contributed by atoms with Crippen LogP contribution in [0.1, 0.15) is 66.6 Å². The number of carbonyl (C=O) groups is 1. The normalized spacial score (nSPS) is 12.9. The lowest BCUT2D eigenvalue weighted by Crippen LogP contribution is -2.29. The van der Waals surface area contributed by atoms with E-state index >= 15 is 0 Å². The Morgan fingerprint density at radius 3 is 2.12 bits per heavy atom. The number of aryl methyl sites for hydroxylation is 1. The van der Waals surface area contributed by atoms with Crippen LogP contribution in [-0.2, 0) is 14.8 Å². The molecule has 0 aliphatic heterocycles. The van der Waals surface area contributed by atoms with Crippen LogP contribution in [0.15, 0.2) is 12.1 Å². The Hall–Kier alpha value is -1.40. The third kappa shape index (κ3) is 7.01. The average molecular weight is 351 g/mol. The standard InChI is InChI=1S/C18H30N2O3Si/c1-12-13(18(8,9)23-24-17(5,6)7)10-11-14(19-12)20-15(21)22-16(2,3)4/h10-11H,1-9H3,(H,19,20,21). The highest BCUT2D eigenvalue weighted by molar-refractivity contribution is 6.31. The van der Waals surface area contributed by atoms with E-state index in [9.17, 15) is 4.79 Å². The quantitative estimate of drug-likeness (QED) is 0.790. The Kier molecular flexibility index (Phi) is 6.22. The lowest BCUT2D eigenvalue weighted by Gasteiger charge is -2.30. The predicted molar refractivity (Wildman–Crippen MR) is 98.4 cm³/mol. The van der Waals surface area contributed by atoms with Gasteiger partial charge in [0, 0.05) is 11.3 Å². The lowest BCUT2D eigenvalue weighted by molar-refractivity contribution is 0.0635. The molecule has 2 radical (unpaired) electrons. The molecular formula is C18H30N2O3Si. The zero-order valence-corrected chi connectivity index (χ0v) is 17.3. The Morgan fingerprint density at radius 2 is 1.67 bits per heavy atom. The van der Waals surface area contributed by atoms with Gasteiger partial charge in [-0.1, -0.05) is 26.8 Å². The summed E-state index contributed by atoms with van der Waals surface area (Å²) in [5.41, 5.74) is 0.858. The Balaban J connectivity index is 2.85. The second-order valence-corrected chi connectivity index (χ2v) is 10.3. The number of hydrogen-bond acceptors (Lipinski definition) is 4. The maximum atomic E-state index is 11.8. The third-order valence-corrected chi connectivity index (χ3v) is 4.20. The maximum absolute atomic E-state index is 11.8. The molecule has 0 aliphatic rings. The van der Waals surface area contributed by atoms with E-state index in [1.807, 2.05) is 47.6 Å². The zero-order chi connectivity index (χ0) is 18.8. The van der Waals surface area contributed by atoms with Crippen molar-refractivity contribution in [2.45, 2.75) is 78.6 Å². The van der Waals surface area contributed by atoms with Crippen LogP contribution in [0.3, 0.4) is 0 Å². The van der Waals surface area contributed by atoms with E-state index in [1.165, 1.54) is 0 Å². The van der Waals surface area contributed by atoms with E-state index in [0.717, 1.165) is 11.3 Å². The summed E-state index contributed by atoms with van der Waals surface area (Å²) in [6.45, 7) is 17.9. The molecule has 1 heterocycles. The minimum Gasteiger partial charge on any atom is -0.444 e. The number of nitrogens with one attached hydrogen (secondary N) is 1. The van der Waals surface area contributed by atoms with Crippen molar-refractivity contribution < 1.29 is 14.0 Å². The molecule has 1 aromatic rings. The van der Waals surface area contributed by atoms with Crippen LogP contribution < -0.4 is 5.32 Å². The molecule has 1 N–H and O–H groups in total. The number of aromatic nitrogens is 1. The van der Waals surface area contributed by atoms with Crippen molar-refractivity contribution >= 4 is 21.7 Å². The first kappa shape index (κ1) is 20.6. The summed E-state index contributed by atoms with van der Waals surface area (Å²) in [5.74, 6) is 0.472. The molecule has 0 spiro atoms. The molecule has 5 nitrogen and oxygen atoms in total. The van der Waals surface area contributed by atoms with Crippen LogP contribution >= 0.6 is 0 Å². The van der Waals surface area contributed by atoms with E-state index < -0.39 is 17.3 Å². The topological polar surface area (TPSA) is 60.5 Å². The molecule has 6 heteroatoms. The maximum Gasteiger partial charge on any atom is 0.413 e. The molecule has 0 bridgehead atoms. The van der Waals surface area contributed by atoms with E-state index in [-0.39, 0.29) is 5.04 Å². The minimum atomic E-state index is -0.539. The largest absolute Gasteiger partial charge is 0.444 e. The summed E-state index contributed by atoms with van der Waals surface area (Å²) in [5, 5.41) is 2.78. The first-order chi connectivity index (χ1) is 10.7. The summed E-state index contributed by atoms with van der Waals surface area (Å²) in [6.07, 6.45) is -0.508. The van der Waals surface area contributed by atoms with Gasteiger partial charge in [-0.15, -0.1) is 0 Å². The minimum absolute atomic E-state index is 0.122. The molecule has 1 amide bonds. The monoisotopic (exact) mass is 350 g/mol. The Morgan fingerprint density at radius 1 is 1.08 bits per heavy atom. The van der Waals surface area contributed by atoms with Gasteiger partial charge in [-0.05, 0) is 52.6 Å². The lowest BCUT2D eigenvalue weighted by atomic mass is 9.97. The average Bonchev–Trinajstić information content (AvgIpc) is 2.33. The number of carbonyl (C=O) groups excluding carboxylic acids is 1. The van der Waals surface area contributed by atoms with Gasteiger partial charge < -0.3 is 9.16 Å². The molecule has 0 aromatic carbocycles. The molecule has 0 saturated carbocycles. The number of pyridine rings is 1. The van der Waals surface area contributed by atoms with Gasteiger partial charge in [-0.3, -0.25) is 5.32 Å². The summed E-state index contributed by atoms with van der Waals surface area (Å²) in [4.78, 5) is 16.3. The smallest absolute Gasteiger partial charge is 0.413 e. The van der Waals surface area contributed by atoms with Crippen molar-refractivity contribution in [3.8, 4) is 0 Å². The molecule has 134 valence electrons. The number of ether oxygens (including phenoxy) is 1. The van der Waals surface area contributed by atoms with E-state index in [4.69, 9.17) is 9.16 Å². The van der Waals surface area contributed by atoms with Gasteiger partial charge in [-0.2, -0.15) is 0 Å². The fraction of sp³-hybridized carbons (Fsp3) is 0.667. The number of anilines is 1. The van der Waals surface area contributed by atoms with Crippen molar-refractivity contribution in [3.05, 3.63) is 23.4 Å². The second kappa shape index (κ2) is 7.23. The predicted octanol–water partition coefficient (Wildman–Crippen LogP) is 4.83. The molecule has 0 atom stereocenters. The van der Waals surface area contributed by atoms with Crippen LogP contribution in [0.5, 0.6) is 0 Å². The fourth-order valence-electron chi connectivity index (χ4n) is 2.01. The highest BCUT2D eigenvalue weighted by atomic mass is 28.2. The van der Waals surface area contributed by atoms with E-state index in [2.05, 4.69) is 31.1 Å². The zero-order valence-electron chi connectivity index (χ0n) is 16.3.